The first-order chi connectivity index (χ1) is 22.8. The molecule has 9 aromatic rings. The molecule has 46 heavy (non-hydrogen) atoms. The van der Waals surface area contributed by atoms with Gasteiger partial charge in [-0.1, -0.05) is 140 Å². The zero-order chi connectivity index (χ0) is 30.5. The Bertz CT molecular complexity index is 2510. The third-order valence-electron chi connectivity index (χ3n) is 9.04. The van der Waals surface area contributed by atoms with Crippen molar-refractivity contribution in [1.29, 1.82) is 0 Å². The minimum absolute atomic E-state index is 0.871. The van der Waals surface area contributed by atoms with Crippen molar-refractivity contribution in [3.05, 3.63) is 176 Å². The standard InChI is InChI=1S/C44H29NO/c1-3-13-30(14-4-1)31-23-25-33(26-24-31)45(34-27-28-38-37-19-11-12-22-41(37)46-42(38)29-34)44-40-21-10-8-18-36(40)35-17-7-9-20-39(35)43(44)32-15-5-2-6-16-32/h1-29H. The molecule has 0 N–H and O–H groups in total. The summed E-state index contributed by atoms with van der Waals surface area (Å²) in [6.07, 6.45) is 0. The third-order valence-corrected chi connectivity index (χ3v) is 9.04. The molecule has 0 fully saturated rings. The summed E-state index contributed by atoms with van der Waals surface area (Å²) in [4.78, 5) is 2.42. The minimum atomic E-state index is 0.871. The molecule has 0 radical (unpaired) electrons. The van der Waals surface area contributed by atoms with Crippen molar-refractivity contribution in [1.82, 2.24) is 0 Å². The van der Waals surface area contributed by atoms with E-state index in [0.29, 0.717) is 0 Å². The normalized spacial score (nSPS) is 11.5. The van der Waals surface area contributed by atoms with Gasteiger partial charge in [0.1, 0.15) is 11.2 Å². The van der Waals surface area contributed by atoms with Crippen LogP contribution >= 0.6 is 0 Å². The number of rotatable bonds is 5. The first-order valence-corrected chi connectivity index (χ1v) is 15.7. The molecule has 0 aliphatic rings. The number of fused-ring (bicyclic) bond motifs is 6. The van der Waals surface area contributed by atoms with Crippen LogP contribution in [0, 0.1) is 0 Å². The summed E-state index contributed by atoms with van der Waals surface area (Å²) in [5.41, 5.74) is 9.79. The summed E-state index contributed by atoms with van der Waals surface area (Å²) < 4.78 is 6.44. The lowest BCUT2D eigenvalue weighted by Crippen LogP contribution is -2.12. The topological polar surface area (TPSA) is 16.4 Å². The molecule has 8 aromatic carbocycles. The van der Waals surface area contributed by atoms with Crippen LogP contribution in [0.3, 0.4) is 0 Å². The Labute approximate surface area is 267 Å². The quantitative estimate of drug-likeness (QED) is 0.186. The van der Waals surface area contributed by atoms with Crippen LogP contribution in [0.1, 0.15) is 0 Å². The van der Waals surface area contributed by atoms with Gasteiger partial charge in [0.25, 0.3) is 0 Å². The van der Waals surface area contributed by atoms with Gasteiger partial charge in [0.05, 0.1) is 5.69 Å². The smallest absolute Gasteiger partial charge is 0.137 e. The van der Waals surface area contributed by atoms with Crippen LogP contribution in [0.15, 0.2) is 180 Å². The summed E-state index contributed by atoms with van der Waals surface area (Å²) in [7, 11) is 0. The van der Waals surface area contributed by atoms with Crippen LogP contribution < -0.4 is 4.90 Å². The molecule has 9 rings (SSSR count). The molecule has 0 spiro atoms. The van der Waals surface area contributed by atoms with Crippen LogP contribution in [-0.2, 0) is 0 Å². The third kappa shape index (κ3) is 4.27. The maximum absolute atomic E-state index is 6.44. The molecular weight excluding hydrogens is 558 g/mol. The molecule has 0 saturated heterocycles. The van der Waals surface area contributed by atoms with Crippen molar-refractivity contribution in [2.24, 2.45) is 0 Å². The minimum Gasteiger partial charge on any atom is -0.456 e. The number of furan rings is 1. The second kappa shape index (κ2) is 10.8. The zero-order valence-corrected chi connectivity index (χ0v) is 25.1. The van der Waals surface area contributed by atoms with E-state index in [1.54, 1.807) is 0 Å². The largest absolute Gasteiger partial charge is 0.456 e. The SMILES string of the molecule is c1ccc(-c2ccc(N(c3ccc4c(c3)oc3ccccc34)c3c(-c4ccccc4)c4ccccc4c4ccccc34)cc2)cc1. The summed E-state index contributed by atoms with van der Waals surface area (Å²) in [5.74, 6) is 0. The highest BCUT2D eigenvalue weighted by molar-refractivity contribution is 6.22. The summed E-state index contributed by atoms with van der Waals surface area (Å²) in [6.45, 7) is 0. The van der Waals surface area contributed by atoms with Gasteiger partial charge >= 0.3 is 0 Å². The van der Waals surface area contributed by atoms with Gasteiger partial charge < -0.3 is 9.32 Å². The highest BCUT2D eigenvalue weighted by atomic mass is 16.3. The molecule has 0 unspecified atom stereocenters. The van der Waals surface area contributed by atoms with Crippen LogP contribution in [-0.4, -0.2) is 0 Å². The first kappa shape index (κ1) is 26.3. The number of hydrogen-bond acceptors (Lipinski definition) is 2. The molecule has 0 saturated carbocycles. The summed E-state index contributed by atoms with van der Waals surface area (Å²) in [5, 5.41) is 7.13. The lowest BCUT2D eigenvalue weighted by Gasteiger charge is -2.30. The van der Waals surface area contributed by atoms with Gasteiger partial charge in [-0.3, -0.25) is 0 Å². The second-order valence-corrected chi connectivity index (χ2v) is 11.7. The van der Waals surface area contributed by atoms with E-state index in [-0.39, 0.29) is 0 Å². The molecule has 2 heteroatoms. The molecule has 0 atom stereocenters. The van der Waals surface area contributed by atoms with E-state index in [1.807, 2.05) is 12.1 Å². The number of para-hydroxylation sites is 1. The first-order valence-electron chi connectivity index (χ1n) is 15.7. The highest BCUT2D eigenvalue weighted by Crippen LogP contribution is 2.50. The van der Waals surface area contributed by atoms with E-state index in [2.05, 4.69) is 169 Å². The molecule has 1 heterocycles. The van der Waals surface area contributed by atoms with Crippen LogP contribution in [0.25, 0.3) is 65.7 Å². The van der Waals surface area contributed by atoms with Gasteiger partial charge in [-0.2, -0.15) is 0 Å². The second-order valence-electron chi connectivity index (χ2n) is 11.7. The van der Waals surface area contributed by atoms with Crippen molar-refractivity contribution in [3.63, 3.8) is 0 Å². The molecular formula is C44H29NO. The van der Waals surface area contributed by atoms with E-state index in [9.17, 15) is 0 Å². The fourth-order valence-corrected chi connectivity index (χ4v) is 6.95. The molecule has 0 aliphatic heterocycles. The van der Waals surface area contributed by atoms with E-state index in [0.717, 1.165) is 39.0 Å². The average molecular weight is 588 g/mol. The van der Waals surface area contributed by atoms with Gasteiger partial charge in [-0.15, -0.1) is 0 Å². The van der Waals surface area contributed by atoms with Crippen LogP contribution in [0.4, 0.5) is 17.1 Å². The number of nitrogens with zero attached hydrogens (tertiary/aromatic N) is 1. The summed E-state index contributed by atoms with van der Waals surface area (Å²) in [6, 6.07) is 62.7. The molecule has 216 valence electrons. The fourth-order valence-electron chi connectivity index (χ4n) is 6.95. The maximum atomic E-state index is 6.44. The molecule has 0 amide bonds. The lowest BCUT2D eigenvalue weighted by molar-refractivity contribution is 0.669. The zero-order valence-electron chi connectivity index (χ0n) is 25.1. The van der Waals surface area contributed by atoms with Gasteiger partial charge in [0, 0.05) is 39.2 Å². The van der Waals surface area contributed by atoms with Gasteiger partial charge in [0.2, 0.25) is 0 Å². The van der Waals surface area contributed by atoms with Crippen molar-refractivity contribution in [2.75, 3.05) is 4.90 Å². The van der Waals surface area contributed by atoms with Crippen LogP contribution in [0.2, 0.25) is 0 Å². The molecule has 0 aliphatic carbocycles. The molecule has 1 aromatic heterocycles. The van der Waals surface area contributed by atoms with E-state index in [1.165, 1.54) is 43.8 Å². The Hall–Kier alpha value is -6.12. The van der Waals surface area contributed by atoms with E-state index in [4.69, 9.17) is 4.42 Å². The molecule has 0 bridgehead atoms. The van der Waals surface area contributed by atoms with Crippen molar-refractivity contribution >= 4 is 60.5 Å². The Morgan fingerprint density at radius 1 is 0.326 bits per heavy atom. The van der Waals surface area contributed by atoms with Gasteiger partial charge in [-0.05, 0) is 63.2 Å². The molecule has 2 nitrogen and oxygen atoms in total. The summed E-state index contributed by atoms with van der Waals surface area (Å²) >= 11 is 0. The lowest BCUT2D eigenvalue weighted by atomic mass is 9.90. The highest BCUT2D eigenvalue weighted by Gasteiger charge is 2.24. The van der Waals surface area contributed by atoms with Gasteiger partial charge in [-0.25, -0.2) is 0 Å². The Morgan fingerprint density at radius 2 is 0.826 bits per heavy atom. The Balaban J connectivity index is 1.38. The monoisotopic (exact) mass is 587 g/mol. The van der Waals surface area contributed by atoms with Crippen molar-refractivity contribution < 1.29 is 4.42 Å². The predicted octanol–water partition coefficient (Wildman–Crippen LogP) is 12.7. The van der Waals surface area contributed by atoms with Gasteiger partial charge in [0.15, 0.2) is 0 Å². The van der Waals surface area contributed by atoms with E-state index >= 15 is 0 Å². The van der Waals surface area contributed by atoms with Crippen molar-refractivity contribution in [3.8, 4) is 22.3 Å². The maximum Gasteiger partial charge on any atom is 0.137 e. The van der Waals surface area contributed by atoms with Crippen LogP contribution in [0.5, 0.6) is 0 Å². The Morgan fingerprint density at radius 3 is 1.54 bits per heavy atom. The average Bonchev–Trinajstić information content (AvgIpc) is 3.51. The fraction of sp³-hybridized carbons (Fsp3) is 0. The predicted molar refractivity (Wildman–Crippen MR) is 194 cm³/mol. The van der Waals surface area contributed by atoms with Crippen molar-refractivity contribution in [2.45, 2.75) is 0 Å². The Kier molecular flexibility index (Phi) is 6.17. The number of benzene rings is 8. The number of anilines is 3. The van der Waals surface area contributed by atoms with E-state index < -0.39 is 0 Å². The number of hydrogen-bond donors (Lipinski definition) is 0.